The van der Waals surface area contributed by atoms with Crippen LogP contribution in [0.2, 0.25) is 0 Å². The average molecular weight is 256 g/mol. The van der Waals surface area contributed by atoms with Crippen LogP contribution < -0.4 is 10.2 Å². The van der Waals surface area contributed by atoms with Gasteiger partial charge in [0.05, 0.1) is 0 Å². The predicted octanol–water partition coefficient (Wildman–Crippen LogP) is 2.77. The summed E-state index contributed by atoms with van der Waals surface area (Å²) in [6.45, 7) is 4.69. The third-order valence-corrected chi connectivity index (χ3v) is 2.89. The van der Waals surface area contributed by atoms with Gasteiger partial charge in [-0.1, -0.05) is 12.1 Å². The van der Waals surface area contributed by atoms with E-state index in [-0.39, 0.29) is 0 Å². The Hall–Kier alpha value is -2.10. The van der Waals surface area contributed by atoms with Gasteiger partial charge in [0.1, 0.15) is 0 Å². The molecule has 0 spiro atoms. The van der Waals surface area contributed by atoms with E-state index >= 15 is 0 Å². The molecule has 0 amide bonds. The summed E-state index contributed by atoms with van der Waals surface area (Å²) in [5.74, 6) is 0.689. The van der Waals surface area contributed by atoms with Gasteiger partial charge in [0.15, 0.2) is 0 Å². The molecule has 19 heavy (non-hydrogen) atoms. The lowest BCUT2D eigenvalue weighted by atomic mass is 10.2. The third kappa shape index (κ3) is 3.68. The lowest BCUT2D eigenvalue weighted by Crippen LogP contribution is -2.09. The molecule has 0 fully saturated rings. The smallest absolute Gasteiger partial charge is 0.223 e. The van der Waals surface area contributed by atoms with E-state index in [0.717, 1.165) is 17.9 Å². The second-order valence-corrected chi connectivity index (χ2v) is 4.89. The Morgan fingerprint density at radius 2 is 1.58 bits per heavy atom. The summed E-state index contributed by atoms with van der Waals surface area (Å²) < 4.78 is 0. The van der Waals surface area contributed by atoms with Gasteiger partial charge in [-0.15, -0.1) is 0 Å². The van der Waals surface area contributed by atoms with E-state index in [0.29, 0.717) is 5.95 Å². The summed E-state index contributed by atoms with van der Waals surface area (Å²) in [7, 11) is 4.08. The number of aryl methyl sites for hydroxylation is 2. The number of nitrogens with zero attached hydrogens (tertiary/aromatic N) is 3. The highest BCUT2D eigenvalue weighted by atomic mass is 15.1. The van der Waals surface area contributed by atoms with E-state index in [1.165, 1.54) is 11.3 Å². The van der Waals surface area contributed by atoms with Crippen molar-refractivity contribution < 1.29 is 0 Å². The minimum Gasteiger partial charge on any atom is -0.378 e. The molecular formula is C15H20N4. The van der Waals surface area contributed by atoms with Crippen LogP contribution in [-0.2, 0) is 6.54 Å². The first kappa shape index (κ1) is 13.3. The lowest BCUT2D eigenvalue weighted by Gasteiger charge is -2.13. The molecule has 1 heterocycles. The molecule has 0 aliphatic heterocycles. The van der Waals surface area contributed by atoms with Crippen LogP contribution in [0, 0.1) is 13.8 Å². The van der Waals surface area contributed by atoms with Crippen molar-refractivity contribution >= 4 is 11.6 Å². The average Bonchev–Trinajstić information content (AvgIpc) is 2.36. The Balaban J connectivity index is 2.02. The summed E-state index contributed by atoms with van der Waals surface area (Å²) in [6, 6.07) is 10.4. The van der Waals surface area contributed by atoms with Crippen LogP contribution in [0.1, 0.15) is 17.0 Å². The van der Waals surface area contributed by atoms with Gasteiger partial charge in [-0.05, 0) is 37.6 Å². The number of rotatable bonds is 4. The van der Waals surface area contributed by atoms with Crippen molar-refractivity contribution in [3.8, 4) is 0 Å². The summed E-state index contributed by atoms with van der Waals surface area (Å²) in [6.07, 6.45) is 0. The van der Waals surface area contributed by atoms with E-state index in [9.17, 15) is 0 Å². The number of nitrogens with one attached hydrogen (secondary N) is 1. The van der Waals surface area contributed by atoms with Crippen LogP contribution >= 0.6 is 0 Å². The fourth-order valence-corrected chi connectivity index (χ4v) is 1.90. The van der Waals surface area contributed by atoms with Crippen molar-refractivity contribution in [2.24, 2.45) is 0 Å². The van der Waals surface area contributed by atoms with Gasteiger partial charge in [0.25, 0.3) is 0 Å². The minimum absolute atomic E-state index is 0.689. The Morgan fingerprint density at radius 3 is 2.11 bits per heavy atom. The maximum absolute atomic E-state index is 4.36. The first-order valence-corrected chi connectivity index (χ1v) is 6.37. The monoisotopic (exact) mass is 256 g/mol. The summed E-state index contributed by atoms with van der Waals surface area (Å²) >= 11 is 0. The fraction of sp³-hybridized carbons (Fsp3) is 0.333. The molecule has 0 unspecified atom stereocenters. The molecule has 4 nitrogen and oxygen atoms in total. The summed E-state index contributed by atoms with van der Waals surface area (Å²) in [5.41, 5.74) is 4.38. The van der Waals surface area contributed by atoms with Crippen LogP contribution in [0.3, 0.4) is 0 Å². The second-order valence-electron chi connectivity index (χ2n) is 4.89. The predicted molar refractivity (Wildman–Crippen MR) is 79.6 cm³/mol. The quantitative estimate of drug-likeness (QED) is 0.913. The maximum Gasteiger partial charge on any atom is 0.223 e. The van der Waals surface area contributed by atoms with Crippen molar-refractivity contribution in [2.45, 2.75) is 20.4 Å². The number of hydrogen-bond donors (Lipinski definition) is 1. The van der Waals surface area contributed by atoms with Crippen LogP contribution in [-0.4, -0.2) is 24.1 Å². The number of anilines is 2. The standard InChI is InChI=1S/C15H20N4/c1-11-9-12(2)18-15(17-11)16-10-13-5-7-14(8-6-13)19(3)4/h5-9H,10H2,1-4H3,(H,16,17,18). The largest absolute Gasteiger partial charge is 0.378 e. The van der Waals surface area contributed by atoms with Gasteiger partial charge in [0, 0.05) is 37.7 Å². The molecule has 0 radical (unpaired) electrons. The van der Waals surface area contributed by atoms with Gasteiger partial charge < -0.3 is 10.2 Å². The molecule has 2 rings (SSSR count). The van der Waals surface area contributed by atoms with E-state index in [1.54, 1.807) is 0 Å². The molecule has 4 heteroatoms. The molecule has 2 aromatic rings. The molecular weight excluding hydrogens is 236 g/mol. The van der Waals surface area contributed by atoms with Gasteiger partial charge in [0.2, 0.25) is 5.95 Å². The fourth-order valence-electron chi connectivity index (χ4n) is 1.90. The van der Waals surface area contributed by atoms with E-state index in [4.69, 9.17) is 0 Å². The summed E-state index contributed by atoms with van der Waals surface area (Å²) in [5, 5.41) is 3.26. The second kappa shape index (κ2) is 5.69. The summed E-state index contributed by atoms with van der Waals surface area (Å²) in [4.78, 5) is 10.8. The van der Waals surface area contributed by atoms with E-state index in [2.05, 4.69) is 44.5 Å². The van der Waals surface area contributed by atoms with Gasteiger partial charge in [-0.3, -0.25) is 0 Å². The third-order valence-electron chi connectivity index (χ3n) is 2.89. The molecule has 0 saturated heterocycles. The molecule has 0 aliphatic rings. The highest BCUT2D eigenvalue weighted by Gasteiger charge is 2.00. The maximum atomic E-state index is 4.36. The highest BCUT2D eigenvalue weighted by Crippen LogP contribution is 2.13. The van der Waals surface area contributed by atoms with Crippen LogP contribution in [0.15, 0.2) is 30.3 Å². The molecule has 0 saturated carbocycles. The molecule has 0 bridgehead atoms. The molecule has 1 aromatic heterocycles. The molecule has 0 aliphatic carbocycles. The zero-order chi connectivity index (χ0) is 13.8. The minimum atomic E-state index is 0.689. The molecule has 100 valence electrons. The van der Waals surface area contributed by atoms with Gasteiger partial charge >= 0.3 is 0 Å². The molecule has 1 aromatic carbocycles. The SMILES string of the molecule is Cc1cc(C)nc(NCc2ccc(N(C)C)cc2)n1. The molecule has 1 N–H and O–H groups in total. The van der Waals surface area contributed by atoms with Crippen LogP contribution in [0.5, 0.6) is 0 Å². The normalized spacial score (nSPS) is 10.3. The van der Waals surface area contributed by atoms with E-state index in [1.807, 2.05) is 34.0 Å². The number of benzene rings is 1. The van der Waals surface area contributed by atoms with Crippen molar-refractivity contribution in [3.05, 3.63) is 47.3 Å². The van der Waals surface area contributed by atoms with Crippen molar-refractivity contribution in [1.29, 1.82) is 0 Å². The Labute approximate surface area is 114 Å². The van der Waals surface area contributed by atoms with Gasteiger partial charge in [-0.25, -0.2) is 9.97 Å². The Bertz CT molecular complexity index is 526. The van der Waals surface area contributed by atoms with Crippen molar-refractivity contribution in [1.82, 2.24) is 9.97 Å². The topological polar surface area (TPSA) is 41.1 Å². The van der Waals surface area contributed by atoms with Crippen molar-refractivity contribution in [2.75, 3.05) is 24.3 Å². The highest BCUT2D eigenvalue weighted by molar-refractivity contribution is 5.46. The van der Waals surface area contributed by atoms with Crippen LogP contribution in [0.4, 0.5) is 11.6 Å². The molecule has 0 atom stereocenters. The lowest BCUT2D eigenvalue weighted by molar-refractivity contribution is 1.00. The first-order chi connectivity index (χ1) is 9.04. The zero-order valence-electron chi connectivity index (χ0n) is 11.9. The Kier molecular flexibility index (Phi) is 4.00. The Morgan fingerprint density at radius 1 is 1.00 bits per heavy atom. The van der Waals surface area contributed by atoms with Gasteiger partial charge in [-0.2, -0.15) is 0 Å². The number of aromatic nitrogens is 2. The zero-order valence-corrected chi connectivity index (χ0v) is 11.9. The number of hydrogen-bond acceptors (Lipinski definition) is 4. The van der Waals surface area contributed by atoms with E-state index < -0.39 is 0 Å². The van der Waals surface area contributed by atoms with Crippen LogP contribution in [0.25, 0.3) is 0 Å². The first-order valence-electron chi connectivity index (χ1n) is 6.37. The van der Waals surface area contributed by atoms with Crippen molar-refractivity contribution in [3.63, 3.8) is 0 Å².